The zero-order valence-electron chi connectivity index (χ0n) is 11.1. The molecule has 1 rings (SSSR count). The van der Waals surface area contributed by atoms with Crippen LogP contribution >= 0.6 is 11.8 Å². The Morgan fingerprint density at radius 2 is 1.88 bits per heavy atom. The molecule has 0 saturated heterocycles. The van der Waals surface area contributed by atoms with E-state index in [1.807, 2.05) is 30.0 Å². The summed E-state index contributed by atoms with van der Waals surface area (Å²) >= 11 is 2.02. The van der Waals surface area contributed by atoms with E-state index in [0.29, 0.717) is 0 Å². The molecule has 0 aliphatic carbocycles. The van der Waals surface area contributed by atoms with E-state index in [2.05, 4.69) is 43.8 Å². The van der Waals surface area contributed by atoms with E-state index in [4.69, 9.17) is 0 Å². The zero-order chi connectivity index (χ0) is 12.6. The second-order valence-electron chi connectivity index (χ2n) is 4.80. The Morgan fingerprint density at radius 3 is 2.53 bits per heavy atom. The molecule has 0 amide bonds. The zero-order valence-corrected chi connectivity index (χ0v) is 11.9. The SMILES string of the molecule is CCSCCCC(C)(C)NNc1ccccc1. The Labute approximate surface area is 110 Å². The molecule has 1 aromatic rings. The third-order valence-corrected chi connectivity index (χ3v) is 3.60. The second kappa shape index (κ2) is 7.62. The molecule has 0 aliphatic heterocycles. The first-order valence-corrected chi connectivity index (χ1v) is 7.45. The minimum atomic E-state index is 0.129. The average Bonchev–Trinajstić information content (AvgIpc) is 2.34. The van der Waals surface area contributed by atoms with Crippen LogP contribution in [0.2, 0.25) is 0 Å². The molecule has 1 aromatic carbocycles. The maximum absolute atomic E-state index is 3.39. The highest BCUT2D eigenvalue weighted by Gasteiger charge is 2.15. The lowest BCUT2D eigenvalue weighted by Gasteiger charge is -2.27. The first-order valence-electron chi connectivity index (χ1n) is 6.30. The Balaban J connectivity index is 2.24. The van der Waals surface area contributed by atoms with Gasteiger partial charge in [0.2, 0.25) is 0 Å². The first kappa shape index (κ1) is 14.4. The van der Waals surface area contributed by atoms with Crippen LogP contribution in [-0.2, 0) is 0 Å². The summed E-state index contributed by atoms with van der Waals surface area (Å²) in [7, 11) is 0. The van der Waals surface area contributed by atoms with Gasteiger partial charge in [-0.05, 0) is 50.3 Å². The number of thioether (sulfide) groups is 1. The van der Waals surface area contributed by atoms with Crippen LogP contribution in [0.5, 0.6) is 0 Å². The maximum Gasteiger partial charge on any atom is 0.0487 e. The fraction of sp³-hybridized carbons (Fsp3) is 0.571. The van der Waals surface area contributed by atoms with Gasteiger partial charge in [-0.15, -0.1) is 0 Å². The van der Waals surface area contributed by atoms with Gasteiger partial charge in [0, 0.05) is 11.2 Å². The van der Waals surface area contributed by atoms with Crippen LogP contribution < -0.4 is 10.9 Å². The summed E-state index contributed by atoms with van der Waals surface area (Å²) in [4.78, 5) is 0. The lowest BCUT2D eigenvalue weighted by atomic mass is 10.0. The highest BCUT2D eigenvalue weighted by molar-refractivity contribution is 7.99. The molecule has 0 saturated carbocycles. The van der Waals surface area contributed by atoms with Crippen LogP contribution in [0, 0.1) is 0 Å². The van der Waals surface area contributed by atoms with Gasteiger partial charge in [-0.3, -0.25) is 0 Å². The van der Waals surface area contributed by atoms with Gasteiger partial charge in [-0.1, -0.05) is 25.1 Å². The molecule has 0 aromatic heterocycles. The summed E-state index contributed by atoms with van der Waals surface area (Å²) in [5, 5.41) is 0. The van der Waals surface area contributed by atoms with Gasteiger partial charge in [0.15, 0.2) is 0 Å². The number of para-hydroxylation sites is 1. The summed E-state index contributed by atoms with van der Waals surface area (Å²) in [6.07, 6.45) is 2.44. The molecule has 0 heterocycles. The molecule has 0 bridgehead atoms. The van der Waals surface area contributed by atoms with Crippen LogP contribution in [0.3, 0.4) is 0 Å². The lowest BCUT2D eigenvalue weighted by molar-refractivity contribution is 0.388. The minimum absolute atomic E-state index is 0.129. The van der Waals surface area contributed by atoms with Crippen molar-refractivity contribution in [2.24, 2.45) is 0 Å². The molecule has 2 N–H and O–H groups in total. The fourth-order valence-electron chi connectivity index (χ4n) is 1.59. The van der Waals surface area contributed by atoms with Crippen molar-refractivity contribution in [2.45, 2.75) is 39.2 Å². The number of hydrogen-bond donors (Lipinski definition) is 2. The molecule has 96 valence electrons. The number of benzene rings is 1. The largest absolute Gasteiger partial charge is 0.321 e. The topological polar surface area (TPSA) is 24.1 Å². The average molecular weight is 252 g/mol. The minimum Gasteiger partial charge on any atom is -0.321 e. The Kier molecular flexibility index (Phi) is 6.45. The molecule has 0 unspecified atom stereocenters. The number of anilines is 1. The quantitative estimate of drug-likeness (QED) is 0.542. The van der Waals surface area contributed by atoms with Crippen LogP contribution in [0.15, 0.2) is 30.3 Å². The standard InChI is InChI=1S/C14H24N2S/c1-4-17-12-8-11-14(2,3)16-15-13-9-6-5-7-10-13/h5-7,9-10,15-16H,4,8,11-12H2,1-3H3. The van der Waals surface area contributed by atoms with Gasteiger partial charge in [0.25, 0.3) is 0 Å². The smallest absolute Gasteiger partial charge is 0.0487 e. The van der Waals surface area contributed by atoms with E-state index in [9.17, 15) is 0 Å². The van der Waals surface area contributed by atoms with E-state index in [0.717, 1.165) is 5.69 Å². The number of hydrazine groups is 1. The molecule has 0 atom stereocenters. The van der Waals surface area contributed by atoms with Gasteiger partial charge in [-0.25, -0.2) is 5.43 Å². The van der Waals surface area contributed by atoms with Gasteiger partial charge in [0.1, 0.15) is 0 Å². The van der Waals surface area contributed by atoms with Gasteiger partial charge < -0.3 is 5.43 Å². The predicted molar refractivity (Wildman–Crippen MR) is 79.5 cm³/mol. The van der Waals surface area contributed by atoms with Crippen molar-refractivity contribution in [1.29, 1.82) is 0 Å². The fourth-order valence-corrected chi connectivity index (χ4v) is 2.22. The molecule has 0 aliphatic rings. The van der Waals surface area contributed by atoms with E-state index in [-0.39, 0.29) is 5.54 Å². The summed E-state index contributed by atoms with van der Waals surface area (Å²) < 4.78 is 0. The summed E-state index contributed by atoms with van der Waals surface area (Å²) in [6, 6.07) is 10.2. The molecular formula is C14H24N2S. The highest BCUT2D eigenvalue weighted by atomic mass is 32.2. The molecule has 2 nitrogen and oxygen atoms in total. The van der Waals surface area contributed by atoms with Crippen molar-refractivity contribution in [3.05, 3.63) is 30.3 Å². The van der Waals surface area contributed by atoms with Crippen LogP contribution in [-0.4, -0.2) is 17.0 Å². The lowest BCUT2D eigenvalue weighted by Crippen LogP contribution is -2.43. The van der Waals surface area contributed by atoms with Crippen LogP contribution in [0.1, 0.15) is 33.6 Å². The molecule has 0 fully saturated rings. The third-order valence-electron chi connectivity index (χ3n) is 2.61. The van der Waals surface area contributed by atoms with Crippen molar-refractivity contribution < 1.29 is 0 Å². The predicted octanol–water partition coefficient (Wildman–Crippen LogP) is 3.92. The second-order valence-corrected chi connectivity index (χ2v) is 6.19. The van der Waals surface area contributed by atoms with Crippen molar-refractivity contribution in [2.75, 3.05) is 16.9 Å². The monoisotopic (exact) mass is 252 g/mol. The van der Waals surface area contributed by atoms with Crippen molar-refractivity contribution in [1.82, 2.24) is 5.43 Å². The number of nitrogens with one attached hydrogen (secondary N) is 2. The normalized spacial score (nSPS) is 11.5. The number of hydrogen-bond acceptors (Lipinski definition) is 3. The summed E-state index contributed by atoms with van der Waals surface area (Å²) in [5.74, 6) is 2.48. The molecule has 0 radical (unpaired) electrons. The Bertz CT molecular complexity index is 298. The Hall–Kier alpha value is -0.670. The van der Waals surface area contributed by atoms with Gasteiger partial charge in [-0.2, -0.15) is 11.8 Å². The third kappa shape index (κ3) is 6.59. The van der Waals surface area contributed by atoms with Crippen LogP contribution in [0.4, 0.5) is 5.69 Å². The van der Waals surface area contributed by atoms with Crippen molar-refractivity contribution in [3.63, 3.8) is 0 Å². The van der Waals surface area contributed by atoms with E-state index >= 15 is 0 Å². The highest BCUT2D eigenvalue weighted by Crippen LogP contribution is 2.15. The van der Waals surface area contributed by atoms with Crippen LogP contribution in [0.25, 0.3) is 0 Å². The van der Waals surface area contributed by atoms with E-state index in [1.165, 1.54) is 24.3 Å². The summed E-state index contributed by atoms with van der Waals surface area (Å²) in [5.41, 5.74) is 7.91. The van der Waals surface area contributed by atoms with E-state index < -0.39 is 0 Å². The van der Waals surface area contributed by atoms with Gasteiger partial charge >= 0.3 is 0 Å². The molecule has 17 heavy (non-hydrogen) atoms. The first-order chi connectivity index (χ1) is 8.14. The molecule has 3 heteroatoms. The van der Waals surface area contributed by atoms with Crippen molar-refractivity contribution in [3.8, 4) is 0 Å². The molecule has 0 spiro atoms. The van der Waals surface area contributed by atoms with Gasteiger partial charge in [0.05, 0.1) is 0 Å². The summed E-state index contributed by atoms with van der Waals surface area (Å²) in [6.45, 7) is 6.68. The molecular weight excluding hydrogens is 228 g/mol. The maximum atomic E-state index is 3.39. The number of rotatable bonds is 8. The Morgan fingerprint density at radius 1 is 1.18 bits per heavy atom. The van der Waals surface area contributed by atoms with E-state index in [1.54, 1.807) is 0 Å². The van der Waals surface area contributed by atoms with Crippen molar-refractivity contribution >= 4 is 17.4 Å².